The van der Waals surface area contributed by atoms with Gasteiger partial charge in [0, 0.05) is 17.5 Å². The molecule has 3 aromatic rings. The molecule has 6 atom stereocenters. The maximum absolute atomic E-state index is 15.3. The molecule has 0 unspecified atom stereocenters. The van der Waals surface area contributed by atoms with Gasteiger partial charge < -0.3 is 14.9 Å². The summed E-state index contributed by atoms with van der Waals surface area (Å²) in [5.74, 6) is -6.91. The van der Waals surface area contributed by atoms with Crippen molar-refractivity contribution in [2.75, 3.05) is 18.6 Å². The molecule has 48 heavy (non-hydrogen) atoms. The van der Waals surface area contributed by atoms with E-state index in [1.54, 1.807) is 36.4 Å². The van der Waals surface area contributed by atoms with Gasteiger partial charge in [-0.25, -0.2) is 4.90 Å². The predicted octanol–water partition coefficient (Wildman–Crippen LogP) is 5.45. The second-order valence-corrected chi connectivity index (χ2v) is 13.9. The molecule has 10 nitrogen and oxygen atoms in total. The third-order valence-corrected chi connectivity index (χ3v) is 11.3. The lowest BCUT2D eigenvalue weighted by molar-refractivity contribution is -0.142. The van der Waals surface area contributed by atoms with Crippen molar-refractivity contribution < 1.29 is 38.9 Å². The van der Waals surface area contributed by atoms with Crippen LogP contribution in [0.1, 0.15) is 36.3 Å². The minimum absolute atomic E-state index is 0.0994. The predicted molar refractivity (Wildman–Crippen MR) is 177 cm³/mol. The summed E-state index contributed by atoms with van der Waals surface area (Å²) in [5, 5.41) is 20.4. The molecule has 4 amide bonds. The molecule has 2 aliphatic heterocycles. The summed E-state index contributed by atoms with van der Waals surface area (Å²) in [4.78, 5) is 71.2. The SMILES string of the molecule is COc1cc([C@H]2C3=CC[C@@H]4C(=O)N(CCC(=O)O)C(=O)[C@@H]4[C@@H]3C[C@H]3C(=O)N(c4cccc(Cl)c4)C(=O)[C@@]23c2ccccc2)cc(Br)c1O. The van der Waals surface area contributed by atoms with Gasteiger partial charge in [-0.3, -0.25) is 28.9 Å². The molecule has 0 radical (unpaired) electrons. The maximum atomic E-state index is 15.3. The molecule has 7 rings (SSSR count). The van der Waals surface area contributed by atoms with Gasteiger partial charge in [-0.15, -0.1) is 0 Å². The van der Waals surface area contributed by atoms with Gasteiger partial charge in [0.15, 0.2) is 11.5 Å². The monoisotopic (exact) mass is 732 g/mol. The minimum atomic E-state index is -1.49. The Morgan fingerprint density at radius 1 is 1.00 bits per heavy atom. The van der Waals surface area contributed by atoms with E-state index >= 15 is 4.79 Å². The lowest BCUT2D eigenvalue weighted by Crippen LogP contribution is -2.53. The van der Waals surface area contributed by atoms with Gasteiger partial charge in [-0.05, 0) is 76.1 Å². The van der Waals surface area contributed by atoms with Crippen LogP contribution in [0.4, 0.5) is 5.69 Å². The number of anilines is 1. The number of benzene rings is 3. The Balaban J connectivity index is 1.48. The van der Waals surface area contributed by atoms with Gasteiger partial charge in [0.25, 0.3) is 0 Å². The fourth-order valence-corrected chi connectivity index (χ4v) is 9.17. The number of carbonyl (C=O) groups is 5. The molecular formula is C36H30BrClN2O8. The number of likely N-dealkylation sites (tertiary alicyclic amines) is 1. The lowest BCUT2D eigenvalue weighted by Gasteiger charge is -2.50. The number of hydrogen-bond acceptors (Lipinski definition) is 7. The molecule has 2 aliphatic carbocycles. The van der Waals surface area contributed by atoms with Crippen molar-refractivity contribution in [3.63, 3.8) is 0 Å². The largest absolute Gasteiger partial charge is 0.503 e. The molecule has 246 valence electrons. The molecule has 2 saturated heterocycles. The van der Waals surface area contributed by atoms with Crippen molar-refractivity contribution in [1.29, 1.82) is 0 Å². The first-order valence-corrected chi connectivity index (χ1v) is 16.7. The standard InChI is InChI=1S/C36H30BrClN2O8/c1-48-27-15-18(14-26(37)31(27)43)30-22-10-11-23-29(34(46)39(32(23)44)13-12-28(41)42)24(22)17-25-33(45)40(21-9-5-8-20(38)16-21)35(47)36(25,30)19-6-3-2-4-7-19/h2-10,14-16,23-25,29-30,43H,11-13,17H2,1H3,(H,41,42)/t23-,24+,25-,29-,30-,36+/m0/s1. The Hall–Kier alpha value is -4.48. The number of allylic oxidation sites excluding steroid dienone is 2. The van der Waals surface area contributed by atoms with Crippen molar-refractivity contribution in [3.8, 4) is 11.5 Å². The number of imide groups is 2. The molecule has 1 saturated carbocycles. The van der Waals surface area contributed by atoms with Gasteiger partial charge in [0.05, 0.1) is 46.9 Å². The molecule has 3 fully saturated rings. The number of amides is 4. The highest BCUT2D eigenvalue weighted by Crippen LogP contribution is 2.65. The van der Waals surface area contributed by atoms with Crippen LogP contribution in [-0.2, 0) is 29.4 Å². The molecular weight excluding hydrogens is 704 g/mol. The van der Waals surface area contributed by atoms with Crippen LogP contribution in [0, 0.1) is 23.7 Å². The summed E-state index contributed by atoms with van der Waals surface area (Å²) in [5.41, 5.74) is 0.711. The Morgan fingerprint density at radius 3 is 2.44 bits per heavy atom. The second-order valence-electron chi connectivity index (χ2n) is 12.6. The number of rotatable bonds is 7. The molecule has 0 aromatic heterocycles. The van der Waals surface area contributed by atoms with Crippen LogP contribution in [0.5, 0.6) is 11.5 Å². The van der Waals surface area contributed by atoms with Gasteiger partial charge in [0.1, 0.15) is 0 Å². The Bertz CT molecular complexity index is 1930. The summed E-state index contributed by atoms with van der Waals surface area (Å²) in [7, 11) is 1.41. The van der Waals surface area contributed by atoms with Gasteiger partial charge in [-0.1, -0.05) is 59.6 Å². The fourth-order valence-electron chi connectivity index (χ4n) is 8.53. The van der Waals surface area contributed by atoms with E-state index in [2.05, 4.69) is 15.9 Å². The molecule has 0 bridgehead atoms. The molecule has 0 spiro atoms. The van der Waals surface area contributed by atoms with Crippen molar-refractivity contribution >= 4 is 62.8 Å². The average molecular weight is 734 g/mol. The smallest absolute Gasteiger partial charge is 0.305 e. The number of hydrogen-bond donors (Lipinski definition) is 2. The van der Waals surface area contributed by atoms with Crippen LogP contribution in [0.15, 0.2) is 82.9 Å². The number of carboxylic acid groups (broad SMARTS) is 1. The Morgan fingerprint density at radius 2 is 1.75 bits per heavy atom. The van der Waals surface area contributed by atoms with Crippen LogP contribution in [0.25, 0.3) is 0 Å². The minimum Gasteiger partial charge on any atom is -0.503 e. The van der Waals surface area contributed by atoms with Crippen LogP contribution in [0.2, 0.25) is 5.02 Å². The average Bonchev–Trinajstić information content (AvgIpc) is 3.45. The highest BCUT2D eigenvalue weighted by molar-refractivity contribution is 9.10. The van der Waals surface area contributed by atoms with E-state index in [0.717, 1.165) is 10.5 Å². The zero-order valence-electron chi connectivity index (χ0n) is 25.6. The Kier molecular flexibility index (Phi) is 7.95. The topological polar surface area (TPSA) is 142 Å². The first-order valence-electron chi connectivity index (χ1n) is 15.5. The summed E-state index contributed by atoms with van der Waals surface area (Å²) in [6.07, 6.45) is 1.83. The third-order valence-electron chi connectivity index (χ3n) is 10.4. The number of aliphatic carboxylic acids is 1. The third kappa shape index (κ3) is 4.62. The number of phenols is 1. The van der Waals surface area contributed by atoms with Crippen molar-refractivity contribution in [2.24, 2.45) is 23.7 Å². The van der Waals surface area contributed by atoms with E-state index in [-0.39, 0.29) is 37.3 Å². The number of methoxy groups -OCH3 is 1. The normalized spacial score (nSPS) is 27.8. The summed E-state index contributed by atoms with van der Waals surface area (Å²) in [6, 6.07) is 18.9. The fraction of sp³-hybridized carbons (Fsp3) is 0.306. The van der Waals surface area contributed by atoms with E-state index < -0.39 is 64.6 Å². The van der Waals surface area contributed by atoms with Crippen LogP contribution in [0.3, 0.4) is 0 Å². The molecule has 4 aliphatic rings. The number of carboxylic acids is 1. The quantitative estimate of drug-likeness (QED) is 0.241. The number of carbonyl (C=O) groups excluding carboxylic acids is 4. The van der Waals surface area contributed by atoms with E-state index in [1.165, 1.54) is 12.0 Å². The summed E-state index contributed by atoms with van der Waals surface area (Å²) >= 11 is 9.79. The zero-order chi connectivity index (χ0) is 34.1. The number of phenolic OH excluding ortho intramolecular Hbond substituents is 1. The van der Waals surface area contributed by atoms with Crippen LogP contribution >= 0.6 is 27.5 Å². The summed E-state index contributed by atoms with van der Waals surface area (Å²) < 4.78 is 5.83. The highest BCUT2D eigenvalue weighted by Gasteiger charge is 2.70. The van der Waals surface area contributed by atoms with Crippen LogP contribution < -0.4 is 9.64 Å². The highest BCUT2D eigenvalue weighted by atomic mass is 79.9. The molecule has 3 aromatic carbocycles. The first kappa shape index (κ1) is 32.1. The van der Waals surface area contributed by atoms with E-state index in [0.29, 0.717) is 26.3 Å². The molecule has 2 heterocycles. The van der Waals surface area contributed by atoms with Crippen molar-refractivity contribution in [2.45, 2.75) is 30.6 Å². The zero-order valence-corrected chi connectivity index (χ0v) is 28.0. The van der Waals surface area contributed by atoms with Gasteiger partial charge in [-0.2, -0.15) is 0 Å². The van der Waals surface area contributed by atoms with E-state index in [9.17, 15) is 29.4 Å². The Labute approximate surface area is 289 Å². The van der Waals surface area contributed by atoms with E-state index in [4.69, 9.17) is 16.3 Å². The number of ether oxygens (including phenoxy) is 1. The van der Waals surface area contributed by atoms with Gasteiger partial charge in [0.2, 0.25) is 23.6 Å². The maximum Gasteiger partial charge on any atom is 0.305 e. The van der Waals surface area contributed by atoms with E-state index in [1.807, 2.05) is 36.4 Å². The molecule has 12 heteroatoms. The number of fused-ring (bicyclic) bond motifs is 4. The van der Waals surface area contributed by atoms with Crippen molar-refractivity contribution in [3.05, 3.63) is 99.0 Å². The van der Waals surface area contributed by atoms with Gasteiger partial charge >= 0.3 is 5.97 Å². The van der Waals surface area contributed by atoms with Crippen LogP contribution in [-0.4, -0.2) is 58.4 Å². The van der Waals surface area contributed by atoms with Crippen molar-refractivity contribution in [1.82, 2.24) is 4.90 Å². The number of aromatic hydroxyl groups is 1. The summed E-state index contributed by atoms with van der Waals surface area (Å²) in [6.45, 7) is -0.245. The second kappa shape index (κ2) is 11.9. The number of nitrogens with zero attached hydrogens (tertiary/aromatic N) is 2. The lowest BCUT2D eigenvalue weighted by atomic mass is 9.49. The first-order chi connectivity index (χ1) is 23.0. The number of halogens is 2. The molecule has 2 N–H and O–H groups in total.